The third kappa shape index (κ3) is 6.60. The van der Waals surface area contributed by atoms with Gasteiger partial charge in [0.05, 0.1) is 23.4 Å². The molecular formula is C24H31ClN2O4. The molecule has 0 bridgehead atoms. The average Bonchev–Trinajstić information content (AvgIpc) is 3.02. The lowest BCUT2D eigenvalue weighted by atomic mass is 9.98. The molecule has 168 valence electrons. The van der Waals surface area contributed by atoms with Gasteiger partial charge in [0, 0.05) is 19.7 Å². The van der Waals surface area contributed by atoms with Crippen LogP contribution in [0.2, 0.25) is 5.02 Å². The van der Waals surface area contributed by atoms with E-state index in [0.717, 1.165) is 31.2 Å². The monoisotopic (exact) mass is 446 g/mol. The number of ether oxygens (including phenoxy) is 2. The number of halogens is 1. The molecule has 2 amide bonds. The Bertz CT molecular complexity index is 834. The van der Waals surface area contributed by atoms with Gasteiger partial charge in [0.1, 0.15) is 6.61 Å². The highest BCUT2D eigenvalue weighted by Crippen LogP contribution is 2.34. The topological polar surface area (TPSA) is 71.0 Å². The van der Waals surface area contributed by atoms with E-state index in [4.69, 9.17) is 21.1 Å². The molecule has 2 atom stereocenters. The zero-order chi connectivity index (χ0) is 22.1. The molecule has 7 heteroatoms. The number of nitrogens with zero attached hydrogens (tertiary/aromatic N) is 1. The summed E-state index contributed by atoms with van der Waals surface area (Å²) < 4.78 is 10.8. The first kappa shape index (κ1) is 23.4. The lowest BCUT2D eigenvalue weighted by Crippen LogP contribution is -2.43. The number of aliphatic hydroxyl groups excluding tert-OH is 1. The molecule has 6 nitrogen and oxygen atoms in total. The van der Waals surface area contributed by atoms with Gasteiger partial charge in [0.15, 0.2) is 5.75 Å². The molecule has 1 fully saturated rings. The number of hydrogen-bond donors (Lipinski definition) is 2. The van der Waals surface area contributed by atoms with E-state index >= 15 is 0 Å². The normalized spacial score (nSPS) is 17.6. The van der Waals surface area contributed by atoms with E-state index in [0.29, 0.717) is 42.6 Å². The summed E-state index contributed by atoms with van der Waals surface area (Å²) in [5.74, 6) is 0.435. The maximum absolute atomic E-state index is 13.3. The molecule has 3 rings (SSSR count). The number of amides is 2. The molecule has 0 aromatic heterocycles. The van der Waals surface area contributed by atoms with E-state index in [2.05, 4.69) is 5.32 Å². The van der Waals surface area contributed by atoms with E-state index in [9.17, 15) is 9.90 Å². The van der Waals surface area contributed by atoms with Crippen molar-refractivity contribution in [2.45, 2.75) is 44.2 Å². The average molecular weight is 447 g/mol. The molecule has 1 aliphatic rings. The standard InChI is InChI=1S/C24H31ClN2O4/c1-30-15-16-31-23-20(25)12-8-13-21(23)26-24(29)27-14-7-3-6-11-19(27)17-22(28)18-9-4-2-5-10-18/h2,4-5,8-10,12-13,19,22,28H,3,6-7,11,14-17H2,1H3,(H,26,29)/t19-,22-/m1/s1. The molecule has 0 unspecified atom stereocenters. The number of para-hydroxylation sites is 1. The molecular weight excluding hydrogens is 416 g/mol. The van der Waals surface area contributed by atoms with E-state index < -0.39 is 6.10 Å². The fraction of sp³-hybridized carbons (Fsp3) is 0.458. The smallest absolute Gasteiger partial charge is 0.322 e. The molecule has 0 radical (unpaired) electrons. The number of benzene rings is 2. The summed E-state index contributed by atoms with van der Waals surface area (Å²) in [5.41, 5.74) is 1.40. The highest BCUT2D eigenvalue weighted by atomic mass is 35.5. The van der Waals surface area contributed by atoms with Crippen molar-refractivity contribution in [3.05, 3.63) is 59.1 Å². The predicted molar refractivity (Wildman–Crippen MR) is 123 cm³/mol. The van der Waals surface area contributed by atoms with Crippen LogP contribution in [0, 0.1) is 0 Å². The zero-order valence-electron chi connectivity index (χ0n) is 17.9. The Labute approximate surface area is 189 Å². The van der Waals surface area contributed by atoms with Gasteiger partial charge in [0.2, 0.25) is 0 Å². The molecule has 0 saturated carbocycles. The maximum Gasteiger partial charge on any atom is 0.322 e. The summed E-state index contributed by atoms with van der Waals surface area (Å²) >= 11 is 6.31. The second-order valence-electron chi connectivity index (χ2n) is 7.75. The summed E-state index contributed by atoms with van der Waals surface area (Å²) in [6.45, 7) is 1.40. The van der Waals surface area contributed by atoms with E-state index in [-0.39, 0.29) is 12.1 Å². The van der Waals surface area contributed by atoms with Crippen LogP contribution < -0.4 is 10.1 Å². The van der Waals surface area contributed by atoms with Crippen LogP contribution in [0.15, 0.2) is 48.5 Å². The molecule has 1 aliphatic heterocycles. The fourth-order valence-electron chi connectivity index (χ4n) is 3.93. The largest absolute Gasteiger partial charge is 0.487 e. The first-order valence-corrected chi connectivity index (χ1v) is 11.2. The number of urea groups is 1. The van der Waals surface area contributed by atoms with Gasteiger partial charge < -0.3 is 24.8 Å². The van der Waals surface area contributed by atoms with Crippen molar-refractivity contribution in [2.75, 3.05) is 32.2 Å². The van der Waals surface area contributed by atoms with Crippen LogP contribution >= 0.6 is 11.6 Å². The minimum atomic E-state index is -0.612. The Morgan fingerprint density at radius 3 is 2.74 bits per heavy atom. The lowest BCUT2D eigenvalue weighted by Gasteiger charge is -2.32. The molecule has 31 heavy (non-hydrogen) atoms. The molecule has 1 saturated heterocycles. The van der Waals surface area contributed by atoms with Gasteiger partial charge in [-0.05, 0) is 37.0 Å². The lowest BCUT2D eigenvalue weighted by molar-refractivity contribution is 0.115. The minimum absolute atomic E-state index is 0.0465. The highest BCUT2D eigenvalue weighted by molar-refractivity contribution is 6.32. The van der Waals surface area contributed by atoms with Crippen molar-refractivity contribution in [3.8, 4) is 5.75 Å². The molecule has 2 N–H and O–H groups in total. The van der Waals surface area contributed by atoms with Gasteiger partial charge in [-0.15, -0.1) is 0 Å². The first-order valence-electron chi connectivity index (χ1n) is 10.8. The van der Waals surface area contributed by atoms with Crippen LogP contribution in [0.1, 0.15) is 43.8 Å². The Morgan fingerprint density at radius 2 is 1.97 bits per heavy atom. The van der Waals surface area contributed by atoms with Crippen molar-refractivity contribution in [1.82, 2.24) is 4.90 Å². The van der Waals surface area contributed by atoms with Gasteiger partial charge in [-0.3, -0.25) is 0 Å². The van der Waals surface area contributed by atoms with Gasteiger partial charge in [-0.25, -0.2) is 4.79 Å². The quantitative estimate of drug-likeness (QED) is 0.542. The molecule has 1 heterocycles. The van der Waals surface area contributed by atoms with Crippen molar-refractivity contribution >= 4 is 23.3 Å². The number of methoxy groups -OCH3 is 1. The second kappa shape index (κ2) is 11.9. The Balaban J connectivity index is 1.73. The van der Waals surface area contributed by atoms with Gasteiger partial charge >= 0.3 is 6.03 Å². The number of aliphatic hydroxyl groups is 1. The van der Waals surface area contributed by atoms with Crippen molar-refractivity contribution in [3.63, 3.8) is 0 Å². The summed E-state index contributed by atoms with van der Waals surface area (Å²) in [4.78, 5) is 15.1. The van der Waals surface area contributed by atoms with Crippen LogP contribution in [-0.4, -0.2) is 48.9 Å². The zero-order valence-corrected chi connectivity index (χ0v) is 18.7. The summed E-state index contributed by atoms with van der Waals surface area (Å²) in [7, 11) is 1.60. The van der Waals surface area contributed by atoms with Crippen molar-refractivity contribution < 1.29 is 19.4 Å². The minimum Gasteiger partial charge on any atom is -0.487 e. The van der Waals surface area contributed by atoms with Crippen LogP contribution in [0.5, 0.6) is 5.75 Å². The summed E-state index contributed by atoms with van der Waals surface area (Å²) in [6, 6.07) is 14.6. The number of nitrogens with one attached hydrogen (secondary N) is 1. The van der Waals surface area contributed by atoms with Gasteiger partial charge in [-0.2, -0.15) is 0 Å². The first-order chi connectivity index (χ1) is 15.1. The number of carbonyl (C=O) groups excluding carboxylic acids is 1. The fourth-order valence-corrected chi connectivity index (χ4v) is 4.16. The number of carbonyl (C=O) groups is 1. The third-order valence-corrected chi connectivity index (χ3v) is 5.86. The highest BCUT2D eigenvalue weighted by Gasteiger charge is 2.28. The second-order valence-corrected chi connectivity index (χ2v) is 8.15. The molecule has 0 aliphatic carbocycles. The molecule has 2 aromatic rings. The molecule has 2 aromatic carbocycles. The van der Waals surface area contributed by atoms with Gasteiger partial charge in [-0.1, -0.05) is 60.8 Å². The van der Waals surface area contributed by atoms with Crippen LogP contribution in [0.4, 0.5) is 10.5 Å². The Morgan fingerprint density at radius 1 is 1.16 bits per heavy atom. The summed E-state index contributed by atoms with van der Waals surface area (Å²) in [5, 5.41) is 14.2. The van der Waals surface area contributed by atoms with E-state index in [1.807, 2.05) is 35.2 Å². The van der Waals surface area contributed by atoms with Crippen molar-refractivity contribution in [1.29, 1.82) is 0 Å². The van der Waals surface area contributed by atoms with Crippen LogP contribution in [-0.2, 0) is 4.74 Å². The van der Waals surface area contributed by atoms with Crippen LogP contribution in [0.25, 0.3) is 0 Å². The number of hydrogen-bond acceptors (Lipinski definition) is 4. The number of anilines is 1. The SMILES string of the molecule is COCCOc1c(Cl)cccc1NC(=O)N1CCCCC[C@@H]1C[C@@H](O)c1ccccc1. The number of likely N-dealkylation sites (tertiary alicyclic amines) is 1. The van der Waals surface area contributed by atoms with E-state index in [1.165, 1.54) is 0 Å². The van der Waals surface area contributed by atoms with Crippen molar-refractivity contribution in [2.24, 2.45) is 0 Å². The van der Waals surface area contributed by atoms with Crippen LogP contribution in [0.3, 0.4) is 0 Å². The van der Waals surface area contributed by atoms with Gasteiger partial charge in [0.25, 0.3) is 0 Å². The predicted octanol–water partition coefficient (Wildman–Crippen LogP) is 5.27. The summed E-state index contributed by atoms with van der Waals surface area (Å²) in [6.07, 6.45) is 3.81. The third-order valence-electron chi connectivity index (χ3n) is 5.56. The maximum atomic E-state index is 13.3. The Hall–Kier alpha value is -2.28. The van der Waals surface area contributed by atoms with E-state index in [1.54, 1.807) is 25.3 Å². The Kier molecular flexibility index (Phi) is 9.00. The number of rotatable bonds is 8. The molecule has 0 spiro atoms.